The van der Waals surface area contributed by atoms with Crippen LogP contribution in [0.25, 0.3) is 0 Å². The van der Waals surface area contributed by atoms with Gasteiger partial charge in [0.1, 0.15) is 4.88 Å². The van der Waals surface area contributed by atoms with Crippen molar-refractivity contribution in [3.63, 3.8) is 0 Å². The van der Waals surface area contributed by atoms with Gasteiger partial charge in [-0.2, -0.15) is 0 Å². The molecule has 5 heteroatoms. The Balaban J connectivity index is 2.20. The van der Waals surface area contributed by atoms with Gasteiger partial charge in [0.05, 0.1) is 5.69 Å². The Bertz CT molecular complexity index is 536. The zero-order valence-electron chi connectivity index (χ0n) is 9.73. The Morgan fingerprint density at radius 1 is 1.41 bits per heavy atom. The molecular formula is C12H13N3OS. The predicted octanol–water partition coefficient (Wildman–Crippen LogP) is 2.66. The average molecular weight is 247 g/mol. The Labute approximate surface area is 104 Å². The summed E-state index contributed by atoms with van der Waals surface area (Å²) in [6.45, 7) is 3.92. The first kappa shape index (κ1) is 11.7. The molecule has 0 fully saturated rings. The lowest BCUT2D eigenvalue weighted by Crippen LogP contribution is -2.13. The summed E-state index contributed by atoms with van der Waals surface area (Å²) in [7, 11) is 0. The van der Waals surface area contributed by atoms with Crippen molar-refractivity contribution in [1.82, 2.24) is 9.59 Å². The summed E-state index contributed by atoms with van der Waals surface area (Å²) >= 11 is 1.13. The van der Waals surface area contributed by atoms with E-state index in [-0.39, 0.29) is 5.91 Å². The van der Waals surface area contributed by atoms with Crippen molar-refractivity contribution in [2.75, 3.05) is 5.32 Å². The van der Waals surface area contributed by atoms with E-state index in [4.69, 9.17) is 0 Å². The molecule has 1 N–H and O–H groups in total. The quantitative estimate of drug-likeness (QED) is 0.907. The van der Waals surface area contributed by atoms with E-state index in [1.165, 1.54) is 0 Å². The average Bonchev–Trinajstić information content (AvgIpc) is 2.80. The number of nitrogens with one attached hydrogen (secondary N) is 1. The van der Waals surface area contributed by atoms with E-state index in [0.29, 0.717) is 11.3 Å². The second-order valence-electron chi connectivity index (χ2n) is 3.67. The molecular weight excluding hydrogens is 234 g/mol. The molecule has 0 aliphatic rings. The maximum atomic E-state index is 12.0. The Hall–Kier alpha value is -1.75. The van der Waals surface area contributed by atoms with E-state index in [2.05, 4.69) is 14.9 Å². The molecule has 0 unspecified atom stereocenters. The van der Waals surface area contributed by atoms with Crippen LogP contribution in [-0.2, 0) is 6.42 Å². The van der Waals surface area contributed by atoms with Crippen LogP contribution in [0, 0.1) is 6.92 Å². The number of hydrogen-bond donors (Lipinski definition) is 1. The molecule has 2 rings (SSSR count). The third-order valence-electron chi connectivity index (χ3n) is 2.49. The monoisotopic (exact) mass is 247 g/mol. The minimum Gasteiger partial charge on any atom is -0.321 e. The van der Waals surface area contributed by atoms with Crippen molar-refractivity contribution in [1.29, 1.82) is 0 Å². The lowest BCUT2D eigenvalue weighted by molar-refractivity contribution is 0.102. The second kappa shape index (κ2) is 5.05. The highest BCUT2D eigenvalue weighted by molar-refractivity contribution is 7.08. The summed E-state index contributed by atoms with van der Waals surface area (Å²) in [5.41, 5.74) is 2.62. The van der Waals surface area contributed by atoms with Gasteiger partial charge in [-0.1, -0.05) is 29.6 Å². The number of anilines is 1. The number of nitrogens with zero attached hydrogens (tertiary/aromatic N) is 2. The van der Waals surface area contributed by atoms with Crippen LogP contribution in [0.15, 0.2) is 24.3 Å². The van der Waals surface area contributed by atoms with Gasteiger partial charge in [0.25, 0.3) is 5.91 Å². The molecule has 1 aromatic heterocycles. The van der Waals surface area contributed by atoms with Gasteiger partial charge < -0.3 is 5.32 Å². The van der Waals surface area contributed by atoms with Gasteiger partial charge in [0.15, 0.2) is 0 Å². The fraction of sp³-hybridized carbons (Fsp3) is 0.250. The molecule has 0 aliphatic heterocycles. The van der Waals surface area contributed by atoms with Gasteiger partial charge in [-0.15, -0.1) is 5.10 Å². The summed E-state index contributed by atoms with van der Waals surface area (Å²) in [4.78, 5) is 12.6. The maximum absolute atomic E-state index is 12.0. The van der Waals surface area contributed by atoms with Crippen molar-refractivity contribution in [2.24, 2.45) is 0 Å². The van der Waals surface area contributed by atoms with E-state index in [1.54, 1.807) is 0 Å². The summed E-state index contributed by atoms with van der Waals surface area (Å²) in [6, 6.07) is 7.68. The van der Waals surface area contributed by atoms with Crippen molar-refractivity contribution < 1.29 is 4.79 Å². The van der Waals surface area contributed by atoms with Crippen molar-refractivity contribution >= 4 is 23.1 Å². The molecule has 0 bridgehead atoms. The third kappa shape index (κ3) is 2.50. The number of hydrogen-bond acceptors (Lipinski definition) is 4. The number of carbonyl (C=O) groups excluding carboxylic acids is 1. The topological polar surface area (TPSA) is 54.9 Å². The standard InChI is InChI=1S/C12H13N3OS/c1-3-9-11(17-15-14-9)12(16)13-10-7-5-4-6-8(10)2/h4-7H,3H2,1-2H3,(H,13,16). The molecule has 4 nitrogen and oxygen atoms in total. The largest absolute Gasteiger partial charge is 0.321 e. The molecule has 0 spiro atoms. The van der Waals surface area contributed by atoms with Gasteiger partial charge in [0, 0.05) is 5.69 Å². The van der Waals surface area contributed by atoms with Gasteiger partial charge in [-0.25, -0.2) is 0 Å². The highest BCUT2D eigenvalue weighted by Gasteiger charge is 2.15. The van der Waals surface area contributed by atoms with Crippen LogP contribution in [0.3, 0.4) is 0 Å². The third-order valence-corrected chi connectivity index (χ3v) is 3.26. The molecule has 2 aromatic rings. The van der Waals surface area contributed by atoms with Crippen molar-refractivity contribution in [3.8, 4) is 0 Å². The van der Waals surface area contributed by atoms with Crippen LogP contribution < -0.4 is 5.32 Å². The molecule has 88 valence electrons. The Morgan fingerprint density at radius 2 is 2.18 bits per heavy atom. The molecule has 0 aliphatic carbocycles. The van der Waals surface area contributed by atoms with Crippen LogP contribution in [0.2, 0.25) is 0 Å². The zero-order valence-corrected chi connectivity index (χ0v) is 10.5. The highest BCUT2D eigenvalue weighted by Crippen LogP contribution is 2.17. The first-order valence-corrected chi connectivity index (χ1v) is 6.18. The minimum atomic E-state index is -0.133. The lowest BCUT2D eigenvalue weighted by atomic mass is 10.2. The normalized spacial score (nSPS) is 10.2. The summed E-state index contributed by atoms with van der Waals surface area (Å²) < 4.78 is 3.81. The summed E-state index contributed by atoms with van der Waals surface area (Å²) in [5, 5.41) is 6.81. The van der Waals surface area contributed by atoms with Crippen molar-refractivity contribution in [3.05, 3.63) is 40.4 Å². The van der Waals surface area contributed by atoms with Crippen LogP contribution in [0.4, 0.5) is 5.69 Å². The van der Waals surface area contributed by atoms with E-state index >= 15 is 0 Å². The van der Waals surface area contributed by atoms with Crippen LogP contribution in [0.5, 0.6) is 0 Å². The lowest BCUT2D eigenvalue weighted by Gasteiger charge is -2.06. The van der Waals surface area contributed by atoms with Gasteiger partial charge >= 0.3 is 0 Å². The maximum Gasteiger partial charge on any atom is 0.269 e. The van der Waals surface area contributed by atoms with Crippen LogP contribution in [0.1, 0.15) is 27.9 Å². The number of aromatic nitrogens is 2. The number of amides is 1. The van der Waals surface area contributed by atoms with Gasteiger partial charge in [-0.3, -0.25) is 4.79 Å². The SMILES string of the molecule is CCc1nnsc1C(=O)Nc1ccccc1C. The smallest absolute Gasteiger partial charge is 0.269 e. The van der Waals surface area contributed by atoms with Crippen LogP contribution in [-0.4, -0.2) is 15.5 Å². The Kier molecular flexibility index (Phi) is 3.49. The number of carbonyl (C=O) groups is 1. The first-order chi connectivity index (χ1) is 8.22. The number of aryl methyl sites for hydroxylation is 2. The first-order valence-electron chi connectivity index (χ1n) is 5.40. The number of para-hydroxylation sites is 1. The molecule has 0 saturated carbocycles. The zero-order chi connectivity index (χ0) is 12.3. The van der Waals surface area contributed by atoms with E-state index in [9.17, 15) is 4.79 Å². The number of rotatable bonds is 3. The molecule has 0 saturated heterocycles. The molecule has 0 atom stereocenters. The molecule has 0 radical (unpaired) electrons. The van der Waals surface area contributed by atoms with Crippen molar-refractivity contribution in [2.45, 2.75) is 20.3 Å². The summed E-state index contributed by atoms with van der Waals surface area (Å²) in [6.07, 6.45) is 0.715. The molecule has 17 heavy (non-hydrogen) atoms. The van der Waals surface area contributed by atoms with E-state index in [1.807, 2.05) is 38.1 Å². The predicted molar refractivity (Wildman–Crippen MR) is 68.4 cm³/mol. The highest BCUT2D eigenvalue weighted by atomic mass is 32.1. The molecule has 1 aromatic carbocycles. The fourth-order valence-electron chi connectivity index (χ4n) is 1.50. The van der Waals surface area contributed by atoms with Crippen LogP contribution >= 0.6 is 11.5 Å². The molecule has 1 heterocycles. The van der Waals surface area contributed by atoms with Gasteiger partial charge in [0.2, 0.25) is 0 Å². The van der Waals surface area contributed by atoms with E-state index < -0.39 is 0 Å². The number of benzene rings is 1. The fourth-order valence-corrected chi connectivity index (χ4v) is 2.15. The summed E-state index contributed by atoms with van der Waals surface area (Å²) in [5.74, 6) is -0.133. The Morgan fingerprint density at radius 3 is 2.88 bits per heavy atom. The minimum absolute atomic E-state index is 0.133. The van der Waals surface area contributed by atoms with Gasteiger partial charge in [-0.05, 0) is 36.5 Å². The van der Waals surface area contributed by atoms with E-state index in [0.717, 1.165) is 28.5 Å². The second-order valence-corrected chi connectivity index (χ2v) is 4.43. The molecule has 1 amide bonds.